The first-order valence-corrected chi connectivity index (χ1v) is 10.2. The summed E-state index contributed by atoms with van der Waals surface area (Å²) in [5.41, 5.74) is 1.43. The maximum atomic E-state index is 12.6. The molecule has 3 heterocycles. The largest absolute Gasteiger partial charge is 0.490 e. The van der Waals surface area contributed by atoms with Gasteiger partial charge < -0.3 is 20.3 Å². The maximum Gasteiger partial charge on any atom is 0.490 e. The van der Waals surface area contributed by atoms with Crippen molar-refractivity contribution in [3.63, 3.8) is 0 Å². The minimum atomic E-state index is -5.08. The normalized spacial score (nSPS) is 15.5. The molecule has 0 radical (unpaired) electrons. The monoisotopic (exact) mass is 480 g/mol. The molecule has 3 N–H and O–H groups in total. The van der Waals surface area contributed by atoms with Crippen LogP contribution in [0.5, 0.6) is 0 Å². The number of hydrogen-bond donors (Lipinski definition) is 3. The van der Waals surface area contributed by atoms with Crippen molar-refractivity contribution in [2.45, 2.75) is 25.8 Å². The van der Waals surface area contributed by atoms with E-state index >= 15 is 0 Å². The fourth-order valence-electron chi connectivity index (χ4n) is 3.44. The van der Waals surface area contributed by atoms with E-state index in [9.17, 15) is 22.8 Å². The number of carbonyl (C=O) groups excluding carboxylic acids is 1. The van der Waals surface area contributed by atoms with Crippen LogP contribution in [0.2, 0.25) is 0 Å². The number of carboxylic acid groups (broad SMARTS) is 1. The van der Waals surface area contributed by atoms with Gasteiger partial charge in [0.2, 0.25) is 5.91 Å². The van der Waals surface area contributed by atoms with Crippen LogP contribution in [0.25, 0.3) is 5.69 Å². The number of rotatable bonds is 4. The average Bonchev–Trinajstić information content (AvgIpc) is 3.27. The summed E-state index contributed by atoms with van der Waals surface area (Å²) in [6, 6.07) is 11.0. The van der Waals surface area contributed by atoms with Gasteiger partial charge in [-0.05, 0) is 12.1 Å². The molecule has 13 heteroatoms. The number of nitrogens with zero attached hydrogens (tertiary/aromatic N) is 4. The standard InChI is InChI=1S/C19H22N6O2.C2HF3O2/c1-23-16(9-18(26)25(23)15-5-3-2-4-6-15)11-22-19(27)14-10-20-12-17-21-7-8-24(17)13-14;3-2(4,5)1(6)7/h2-9,14,20H,10-13H2,1H3,(H,22,27);(H,6,7). The molecule has 0 aliphatic carbocycles. The van der Waals surface area contributed by atoms with Gasteiger partial charge in [-0.2, -0.15) is 13.2 Å². The molecule has 0 saturated carbocycles. The number of aromatic nitrogens is 4. The van der Waals surface area contributed by atoms with Crippen LogP contribution in [0.15, 0.2) is 53.6 Å². The third-order valence-electron chi connectivity index (χ3n) is 5.16. The molecule has 0 saturated heterocycles. The third kappa shape index (κ3) is 5.92. The Morgan fingerprint density at radius 1 is 1.26 bits per heavy atom. The molecule has 0 fully saturated rings. The zero-order valence-corrected chi connectivity index (χ0v) is 18.1. The summed E-state index contributed by atoms with van der Waals surface area (Å²) < 4.78 is 37.1. The highest BCUT2D eigenvalue weighted by atomic mass is 19.4. The molecule has 182 valence electrons. The van der Waals surface area contributed by atoms with Gasteiger partial charge in [0.15, 0.2) is 0 Å². The van der Waals surface area contributed by atoms with Crippen molar-refractivity contribution in [2.24, 2.45) is 13.0 Å². The number of alkyl halides is 3. The molecule has 10 nitrogen and oxygen atoms in total. The predicted molar refractivity (Wildman–Crippen MR) is 114 cm³/mol. The van der Waals surface area contributed by atoms with E-state index in [2.05, 4.69) is 15.6 Å². The molecule has 0 bridgehead atoms. The van der Waals surface area contributed by atoms with Gasteiger partial charge in [0.05, 0.1) is 30.4 Å². The molecular formula is C21H23F3N6O4. The number of carbonyl (C=O) groups is 2. The van der Waals surface area contributed by atoms with Crippen LogP contribution in [-0.4, -0.2) is 48.6 Å². The van der Waals surface area contributed by atoms with Crippen molar-refractivity contribution in [3.05, 3.63) is 70.7 Å². The highest BCUT2D eigenvalue weighted by Gasteiger charge is 2.38. The lowest BCUT2D eigenvalue weighted by Gasteiger charge is -2.16. The number of hydrogen-bond acceptors (Lipinski definition) is 5. The van der Waals surface area contributed by atoms with Crippen LogP contribution in [0, 0.1) is 5.92 Å². The second-order valence-corrected chi connectivity index (χ2v) is 7.49. The molecule has 34 heavy (non-hydrogen) atoms. The van der Waals surface area contributed by atoms with E-state index in [-0.39, 0.29) is 17.4 Å². The smallest absolute Gasteiger partial charge is 0.475 e. The summed E-state index contributed by atoms with van der Waals surface area (Å²) >= 11 is 0. The maximum absolute atomic E-state index is 12.6. The van der Waals surface area contributed by atoms with E-state index in [1.807, 2.05) is 48.1 Å². The quantitative estimate of drug-likeness (QED) is 0.513. The highest BCUT2D eigenvalue weighted by molar-refractivity contribution is 5.78. The second-order valence-electron chi connectivity index (χ2n) is 7.49. The van der Waals surface area contributed by atoms with Crippen LogP contribution in [0.1, 0.15) is 11.5 Å². The Morgan fingerprint density at radius 2 is 1.94 bits per heavy atom. The minimum absolute atomic E-state index is 0.0380. The molecule has 1 unspecified atom stereocenters. The van der Waals surface area contributed by atoms with Gasteiger partial charge in [-0.3, -0.25) is 14.3 Å². The number of para-hydroxylation sites is 1. The summed E-state index contributed by atoms with van der Waals surface area (Å²) in [5, 5.41) is 13.4. The number of imidazole rings is 1. The fourth-order valence-corrected chi connectivity index (χ4v) is 3.44. The van der Waals surface area contributed by atoms with Crippen LogP contribution >= 0.6 is 0 Å². The first-order chi connectivity index (χ1) is 16.1. The zero-order chi connectivity index (χ0) is 24.9. The van der Waals surface area contributed by atoms with Crippen LogP contribution in [-0.2, 0) is 36.3 Å². The Hall–Kier alpha value is -3.87. The summed E-state index contributed by atoms with van der Waals surface area (Å²) in [7, 11) is 1.82. The van der Waals surface area contributed by atoms with Gasteiger partial charge in [0.25, 0.3) is 5.56 Å². The van der Waals surface area contributed by atoms with Gasteiger partial charge in [-0.1, -0.05) is 18.2 Å². The molecule has 0 spiro atoms. The SMILES string of the molecule is Cn1c(CNC(=O)C2CNCc3nccn3C2)cc(=O)n1-c1ccccc1.O=C(O)C(F)(F)F. The van der Waals surface area contributed by atoms with E-state index < -0.39 is 12.1 Å². The lowest BCUT2D eigenvalue weighted by Crippen LogP contribution is -2.37. The van der Waals surface area contributed by atoms with Gasteiger partial charge in [0.1, 0.15) is 5.82 Å². The number of fused-ring (bicyclic) bond motifs is 1. The second kappa shape index (κ2) is 10.4. The molecule has 1 atom stereocenters. The molecule has 1 amide bonds. The summed E-state index contributed by atoms with van der Waals surface area (Å²) in [5.74, 6) is -2.04. The van der Waals surface area contributed by atoms with Gasteiger partial charge in [-0.15, -0.1) is 0 Å². The van der Waals surface area contributed by atoms with Crippen molar-refractivity contribution >= 4 is 11.9 Å². The first kappa shape index (κ1) is 24.8. The van der Waals surface area contributed by atoms with E-state index in [1.54, 1.807) is 21.6 Å². The fraction of sp³-hybridized carbons (Fsp3) is 0.333. The number of benzene rings is 1. The minimum Gasteiger partial charge on any atom is -0.475 e. The molecule has 2 aromatic heterocycles. The van der Waals surface area contributed by atoms with Crippen molar-refractivity contribution < 1.29 is 27.9 Å². The predicted octanol–water partition coefficient (Wildman–Crippen LogP) is 1.04. The Morgan fingerprint density at radius 3 is 2.59 bits per heavy atom. The molecule has 4 rings (SSSR count). The van der Waals surface area contributed by atoms with Crippen molar-refractivity contribution in [3.8, 4) is 5.69 Å². The van der Waals surface area contributed by atoms with Gasteiger partial charge in [-0.25, -0.2) is 14.5 Å². The first-order valence-electron chi connectivity index (χ1n) is 10.2. The molecule has 1 aliphatic rings. The van der Waals surface area contributed by atoms with Crippen LogP contribution < -0.4 is 16.2 Å². The van der Waals surface area contributed by atoms with Crippen molar-refractivity contribution in [2.75, 3.05) is 6.54 Å². The van der Waals surface area contributed by atoms with Crippen molar-refractivity contribution in [1.82, 2.24) is 29.5 Å². The van der Waals surface area contributed by atoms with E-state index in [0.29, 0.717) is 26.2 Å². The number of halogens is 3. The van der Waals surface area contributed by atoms with Gasteiger partial charge in [0, 0.05) is 38.6 Å². The van der Waals surface area contributed by atoms with E-state index in [0.717, 1.165) is 17.2 Å². The summed E-state index contributed by atoms with van der Waals surface area (Å²) in [6.45, 7) is 2.15. The highest BCUT2D eigenvalue weighted by Crippen LogP contribution is 2.13. The Labute approximate surface area is 191 Å². The van der Waals surface area contributed by atoms with Crippen LogP contribution in [0.4, 0.5) is 13.2 Å². The van der Waals surface area contributed by atoms with Crippen LogP contribution in [0.3, 0.4) is 0 Å². The number of aliphatic carboxylic acids is 1. The molecule has 3 aromatic rings. The summed E-state index contributed by atoms with van der Waals surface area (Å²) in [6.07, 6.45) is -1.44. The topological polar surface area (TPSA) is 123 Å². The number of carboxylic acids is 1. The lowest BCUT2D eigenvalue weighted by molar-refractivity contribution is -0.192. The Kier molecular flexibility index (Phi) is 7.56. The lowest BCUT2D eigenvalue weighted by atomic mass is 10.1. The Balaban J connectivity index is 0.000000406. The third-order valence-corrected chi connectivity index (χ3v) is 5.16. The number of amides is 1. The average molecular weight is 480 g/mol. The number of nitrogens with one attached hydrogen (secondary N) is 2. The summed E-state index contributed by atoms with van der Waals surface area (Å²) in [4.78, 5) is 38.2. The van der Waals surface area contributed by atoms with Crippen molar-refractivity contribution in [1.29, 1.82) is 0 Å². The molecule has 1 aromatic carbocycles. The zero-order valence-electron chi connectivity index (χ0n) is 18.1. The van der Waals surface area contributed by atoms with E-state index in [1.165, 1.54) is 0 Å². The molecular weight excluding hydrogens is 457 g/mol. The van der Waals surface area contributed by atoms with E-state index in [4.69, 9.17) is 9.90 Å². The Bertz CT molecular complexity index is 1200. The van der Waals surface area contributed by atoms with Gasteiger partial charge >= 0.3 is 12.1 Å². The molecule has 1 aliphatic heterocycles.